The SMILES string of the molecule is CSSC(C)c1ccc(NC(=O)COCCOCCN)cc1C(=O)OCCCCC(=O)NCC#Cc1cn([C@H]2CC(OC(=O)c3ccccc3C(C)N=[N+]=[N-])[C@@H](COP(=O)(O)OP(=O)(O)OP(=O)(O)O)O2)c(=O)nc1N. The lowest BCUT2D eigenvalue weighted by molar-refractivity contribution is -0.121. The molecule has 76 heavy (non-hydrogen) atoms. The molecule has 10 N–H and O–H groups in total. The zero-order valence-corrected chi connectivity index (χ0v) is 45.2. The molecule has 1 aliphatic rings. The Morgan fingerprint density at radius 3 is 2.42 bits per heavy atom. The Balaban J connectivity index is 1.37. The standard InChI is InChI=1S/C42H56N9O20P3S2/c1-26(49-50-45)30-10-4-5-11-32(30)41(55)69-34-22-38(68-35(34)24-67-73(60,61)71-74(62,63)70-72(57,58)59)51-23-28(39(44)48-42(51)56)9-8-16-46-36(52)12-6-7-17-66-40(54)33-21-29(13-14-31(33)27(2)76-75-3)47-37(53)25-65-20-19-64-18-15-43/h4-5,10-11,13-14,21,23,26-27,34-35,38H,6-7,12,15-20,22,24-25,43H2,1-3H3,(H,46,52)(H,47,53)(H,60,61)(H,62,63)(H2,44,48,56)(H2,57,58,59)/t26?,27?,34?,35-,38-/m1/s1. The van der Waals surface area contributed by atoms with Crippen LogP contribution in [0.15, 0.2) is 58.6 Å². The number of nitrogens with one attached hydrogen (secondary N) is 2. The molecule has 0 bridgehead atoms. The van der Waals surface area contributed by atoms with Gasteiger partial charge in [0.2, 0.25) is 11.8 Å². The Morgan fingerprint density at radius 2 is 1.71 bits per heavy atom. The molecule has 34 heteroatoms. The summed E-state index contributed by atoms with van der Waals surface area (Å²) in [6, 6.07) is 10.0. The summed E-state index contributed by atoms with van der Waals surface area (Å²) in [6.45, 7) is 3.15. The molecule has 1 aliphatic heterocycles. The van der Waals surface area contributed by atoms with E-state index in [1.807, 2.05) is 13.2 Å². The lowest BCUT2D eigenvalue weighted by Gasteiger charge is -2.21. The van der Waals surface area contributed by atoms with E-state index in [0.29, 0.717) is 37.2 Å². The highest BCUT2D eigenvalue weighted by molar-refractivity contribution is 8.76. The van der Waals surface area contributed by atoms with Gasteiger partial charge in [-0.2, -0.15) is 13.6 Å². The summed E-state index contributed by atoms with van der Waals surface area (Å²) in [4.78, 5) is 109. The van der Waals surface area contributed by atoms with Gasteiger partial charge in [-0.25, -0.2) is 28.1 Å². The van der Waals surface area contributed by atoms with Crippen LogP contribution in [0.3, 0.4) is 0 Å². The molecular weight excluding hydrogens is 1110 g/mol. The van der Waals surface area contributed by atoms with Crippen molar-refractivity contribution in [2.45, 2.75) is 69.3 Å². The fraction of sp³-hybridized carbons (Fsp3) is 0.476. The Hall–Kier alpha value is -5.18. The number of nitrogen functional groups attached to an aromatic ring is 1. The van der Waals surface area contributed by atoms with Crippen molar-refractivity contribution in [3.05, 3.63) is 97.4 Å². The van der Waals surface area contributed by atoms with Crippen molar-refractivity contribution >= 4 is 80.3 Å². The van der Waals surface area contributed by atoms with Crippen molar-refractivity contribution < 1.29 is 89.3 Å². The monoisotopic (exact) mass is 1160 g/mol. The largest absolute Gasteiger partial charge is 0.490 e. The number of azide groups is 1. The maximum atomic E-state index is 13.6. The van der Waals surface area contributed by atoms with Gasteiger partial charge >= 0.3 is 41.1 Å². The normalized spacial score (nSPS) is 17.6. The highest BCUT2D eigenvalue weighted by atomic mass is 33.1. The first-order valence-corrected chi connectivity index (χ1v) is 29.7. The number of unbranched alkanes of at least 4 members (excludes halogenated alkanes) is 1. The molecule has 2 aromatic carbocycles. The first-order valence-electron chi connectivity index (χ1n) is 22.5. The number of amides is 2. The van der Waals surface area contributed by atoms with Gasteiger partial charge in [-0.15, -0.1) is 0 Å². The molecule has 2 heterocycles. The van der Waals surface area contributed by atoms with Gasteiger partial charge in [-0.1, -0.05) is 69.7 Å². The zero-order chi connectivity index (χ0) is 56.1. The van der Waals surface area contributed by atoms with Crippen LogP contribution in [0.5, 0.6) is 0 Å². The van der Waals surface area contributed by atoms with E-state index < -0.39 is 84.0 Å². The smallest absolute Gasteiger partial charge is 0.462 e. The minimum absolute atomic E-state index is 0.0113. The number of esters is 2. The Bertz CT molecular complexity index is 2850. The predicted molar refractivity (Wildman–Crippen MR) is 274 cm³/mol. The van der Waals surface area contributed by atoms with E-state index >= 15 is 0 Å². The number of aromatic nitrogens is 2. The van der Waals surface area contributed by atoms with E-state index in [4.69, 9.17) is 55.0 Å². The number of carbonyl (C=O) groups excluding carboxylic acids is 4. The summed E-state index contributed by atoms with van der Waals surface area (Å²) in [7, 11) is -14.3. The maximum Gasteiger partial charge on any atom is 0.490 e. The topological polar surface area (TPSA) is 434 Å². The highest BCUT2D eigenvalue weighted by Gasteiger charge is 2.45. The van der Waals surface area contributed by atoms with Gasteiger partial charge in [0, 0.05) is 41.4 Å². The van der Waals surface area contributed by atoms with Crippen molar-refractivity contribution in [1.29, 1.82) is 0 Å². The molecule has 1 aromatic heterocycles. The van der Waals surface area contributed by atoms with Gasteiger partial charge in [0.15, 0.2) is 0 Å². The number of hydrogen-bond acceptors (Lipinski definition) is 22. The second-order valence-corrected chi connectivity index (χ2v) is 23.0. The molecule has 1 fully saturated rings. The van der Waals surface area contributed by atoms with Crippen molar-refractivity contribution in [3.8, 4) is 11.8 Å². The van der Waals surface area contributed by atoms with Crippen LogP contribution in [-0.4, -0.2) is 124 Å². The number of anilines is 2. The molecule has 1 saturated heterocycles. The number of benzene rings is 2. The molecule has 7 atom stereocenters. The minimum atomic E-state index is -5.92. The van der Waals surface area contributed by atoms with Crippen LogP contribution in [-0.2, 0) is 60.1 Å². The third kappa shape index (κ3) is 21.3. The van der Waals surface area contributed by atoms with Gasteiger partial charge in [-0.3, -0.25) is 18.7 Å². The number of hydrogen-bond donors (Lipinski definition) is 8. The van der Waals surface area contributed by atoms with E-state index in [9.17, 15) is 47.5 Å². The van der Waals surface area contributed by atoms with E-state index in [1.165, 1.54) is 52.8 Å². The van der Waals surface area contributed by atoms with Gasteiger partial charge < -0.3 is 65.4 Å². The average molecular weight is 1160 g/mol. The summed E-state index contributed by atoms with van der Waals surface area (Å²) in [6.07, 6.45) is -1.05. The molecule has 5 unspecified atom stereocenters. The van der Waals surface area contributed by atoms with Crippen LogP contribution >= 0.6 is 45.1 Å². The zero-order valence-electron chi connectivity index (χ0n) is 40.9. The molecule has 0 saturated carbocycles. The Labute approximate surface area is 442 Å². The summed E-state index contributed by atoms with van der Waals surface area (Å²) in [5, 5.41) is 8.83. The van der Waals surface area contributed by atoms with Crippen molar-refractivity contribution in [3.63, 3.8) is 0 Å². The van der Waals surface area contributed by atoms with Gasteiger partial charge in [-0.05, 0) is 60.9 Å². The third-order valence-electron chi connectivity index (χ3n) is 10.1. The van der Waals surface area contributed by atoms with Gasteiger partial charge in [0.25, 0.3) is 0 Å². The second kappa shape index (κ2) is 30.7. The van der Waals surface area contributed by atoms with Crippen LogP contribution in [0.1, 0.15) is 94.5 Å². The average Bonchev–Trinajstić information content (AvgIpc) is 3.74. The molecular formula is C42H56N9O20P3S2. The summed E-state index contributed by atoms with van der Waals surface area (Å²) in [5.74, 6) is 2.61. The molecule has 0 radical (unpaired) electrons. The number of phosphoric acid groups is 3. The highest BCUT2D eigenvalue weighted by Crippen LogP contribution is 2.66. The van der Waals surface area contributed by atoms with Crippen LogP contribution < -0.4 is 27.8 Å². The van der Waals surface area contributed by atoms with Crippen LogP contribution in [0.4, 0.5) is 11.5 Å². The Kier molecular flexibility index (Phi) is 25.6. The van der Waals surface area contributed by atoms with Crippen LogP contribution in [0, 0.1) is 11.8 Å². The third-order valence-corrected chi connectivity index (χ3v) is 16.1. The minimum Gasteiger partial charge on any atom is -0.462 e. The molecule has 4 rings (SSSR count). The number of phosphoric ester groups is 1. The predicted octanol–water partition coefficient (Wildman–Crippen LogP) is 4.55. The molecule has 3 aromatic rings. The maximum absolute atomic E-state index is 13.6. The van der Waals surface area contributed by atoms with E-state index in [-0.39, 0.29) is 79.1 Å². The summed E-state index contributed by atoms with van der Waals surface area (Å²) in [5.41, 5.74) is 20.8. The first-order chi connectivity index (χ1) is 36.0. The fourth-order valence-electron chi connectivity index (χ4n) is 6.82. The van der Waals surface area contributed by atoms with Gasteiger partial charge in [0.1, 0.15) is 30.9 Å². The van der Waals surface area contributed by atoms with E-state index in [1.54, 1.807) is 18.2 Å². The molecule has 0 spiro atoms. The van der Waals surface area contributed by atoms with Gasteiger partial charge in [0.05, 0.1) is 62.3 Å². The number of nitrogens with two attached hydrogens (primary N) is 2. The molecule has 416 valence electrons. The number of carbonyl (C=O) groups is 4. The number of ether oxygens (including phenoxy) is 5. The molecule has 2 amide bonds. The second-order valence-electron chi connectivity index (χ2n) is 15.8. The quantitative estimate of drug-likeness (QED) is 0.00663. The van der Waals surface area contributed by atoms with Crippen molar-refractivity contribution in [2.24, 2.45) is 10.8 Å². The lowest BCUT2D eigenvalue weighted by atomic mass is 10.0. The van der Waals surface area contributed by atoms with Crippen LogP contribution in [0.25, 0.3) is 10.4 Å². The molecule has 0 aliphatic carbocycles. The Morgan fingerprint density at radius 1 is 0.974 bits per heavy atom. The van der Waals surface area contributed by atoms with Crippen molar-refractivity contribution in [1.82, 2.24) is 14.9 Å². The van der Waals surface area contributed by atoms with E-state index in [0.717, 1.165) is 10.8 Å². The summed E-state index contributed by atoms with van der Waals surface area (Å²) < 4.78 is 76.5. The first kappa shape index (κ1) is 63.4. The fourth-order valence-corrected chi connectivity index (χ4v) is 11.6. The number of rotatable bonds is 30. The molecule has 29 nitrogen and oxygen atoms in total. The number of nitrogens with zero attached hydrogens (tertiary/aromatic N) is 5. The van der Waals surface area contributed by atoms with Crippen LogP contribution in [0.2, 0.25) is 0 Å². The lowest BCUT2D eigenvalue weighted by Crippen LogP contribution is -2.31. The van der Waals surface area contributed by atoms with Crippen molar-refractivity contribution in [2.75, 3.05) is 70.0 Å². The van der Waals surface area contributed by atoms with E-state index in [2.05, 4.69) is 46.1 Å². The summed E-state index contributed by atoms with van der Waals surface area (Å²) >= 11 is 0.